The minimum absolute atomic E-state index is 0.128. The molecule has 3 N–H and O–H groups in total. The van der Waals surface area contributed by atoms with Gasteiger partial charge in [-0.15, -0.1) is 0 Å². The van der Waals surface area contributed by atoms with Crippen LogP contribution in [0.3, 0.4) is 0 Å². The molecular formula is C16H21N3O2S. The number of thioether (sulfide) groups is 1. The van der Waals surface area contributed by atoms with E-state index in [0.29, 0.717) is 6.54 Å². The zero-order valence-corrected chi connectivity index (χ0v) is 13.6. The van der Waals surface area contributed by atoms with Crippen molar-refractivity contribution in [3.8, 4) is 0 Å². The van der Waals surface area contributed by atoms with Gasteiger partial charge in [-0.25, -0.2) is 4.79 Å². The highest BCUT2D eigenvalue weighted by molar-refractivity contribution is 7.98. The van der Waals surface area contributed by atoms with E-state index in [1.165, 1.54) is 6.07 Å². The van der Waals surface area contributed by atoms with Crippen LogP contribution in [0.2, 0.25) is 0 Å². The van der Waals surface area contributed by atoms with E-state index >= 15 is 0 Å². The lowest BCUT2D eigenvalue weighted by Gasteiger charge is -2.14. The number of pyridine rings is 1. The molecule has 1 atom stereocenters. The van der Waals surface area contributed by atoms with Crippen molar-refractivity contribution in [3.63, 3.8) is 0 Å². The molecule has 0 bridgehead atoms. The van der Waals surface area contributed by atoms with Crippen molar-refractivity contribution in [2.75, 3.05) is 12.0 Å². The van der Waals surface area contributed by atoms with Crippen LogP contribution in [-0.2, 0) is 6.54 Å². The van der Waals surface area contributed by atoms with Gasteiger partial charge >= 0.3 is 6.03 Å². The predicted octanol–water partition coefficient (Wildman–Crippen LogP) is 2.47. The number of aromatic nitrogens is 1. The highest BCUT2D eigenvalue weighted by Gasteiger charge is 2.08. The molecule has 1 heterocycles. The molecule has 1 aromatic heterocycles. The van der Waals surface area contributed by atoms with E-state index in [1.807, 2.05) is 37.4 Å². The first kappa shape index (κ1) is 16.4. The lowest BCUT2D eigenvalue weighted by atomic mass is 10.1. The van der Waals surface area contributed by atoms with Crippen molar-refractivity contribution < 1.29 is 4.79 Å². The van der Waals surface area contributed by atoms with E-state index in [1.54, 1.807) is 11.8 Å². The normalized spacial score (nSPS) is 12.1. The van der Waals surface area contributed by atoms with E-state index in [0.717, 1.165) is 28.6 Å². The number of amides is 2. The molecule has 0 aliphatic rings. The number of carbonyl (C=O) groups is 1. The summed E-state index contributed by atoms with van der Waals surface area (Å²) in [6.07, 6.45) is 2.98. The van der Waals surface area contributed by atoms with Crippen LogP contribution < -0.4 is 16.2 Å². The van der Waals surface area contributed by atoms with Crippen LogP contribution in [0.4, 0.5) is 4.79 Å². The van der Waals surface area contributed by atoms with Crippen molar-refractivity contribution in [2.45, 2.75) is 25.9 Å². The largest absolute Gasteiger partial charge is 0.336 e. The molecule has 118 valence electrons. The number of hydrogen-bond acceptors (Lipinski definition) is 3. The number of hydrogen-bond donors (Lipinski definition) is 3. The first-order chi connectivity index (χ1) is 10.6. The lowest BCUT2D eigenvalue weighted by Crippen LogP contribution is -2.40. The fraction of sp³-hybridized carbons (Fsp3) is 0.375. The molecule has 0 saturated heterocycles. The average Bonchev–Trinajstić information content (AvgIpc) is 2.50. The standard InChI is InChI=1S/C16H21N3O2S/c1-11(7-8-22-2)18-16(21)17-10-12-9-15(20)19-14-6-4-3-5-13(12)14/h3-6,9,11H,7-8,10H2,1-2H3,(H,19,20)(H2,17,18,21)/t11-/m0/s1. The summed E-state index contributed by atoms with van der Waals surface area (Å²) in [6, 6.07) is 9.01. The second-order valence-electron chi connectivity index (χ2n) is 5.21. The summed E-state index contributed by atoms with van der Waals surface area (Å²) < 4.78 is 0. The molecule has 0 fully saturated rings. The third-order valence-electron chi connectivity index (χ3n) is 3.41. The van der Waals surface area contributed by atoms with Gasteiger partial charge in [-0.1, -0.05) is 18.2 Å². The Morgan fingerprint density at radius 2 is 2.14 bits per heavy atom. The first-order valence-electron chi connectivity index (χ1n) is 7.24. The highest BCUT2D eigenvalue weighted by atomic mass is 32.2. The summed E-state index contributed by atoms with van der Waals surface area (Å²) >= 11 is 1.76. The number of H-pyrrole nitrogens is 1. The Hall–Kier alpha value is -1.95. The van der Waals surface area contributed by atoms with Crippen molar-refractivity contribution in [2.24, 2.45) is 0 Å². The van der Waals surface area contributed by atoms with Crippen molar-refractivity contribution in [3.05, 3.63) is 46.2 Å². The minimum Gasteiger partial charge on any atom is -0.336 e. The summed E-state index contributed by atoms with van der Waals surface area (Å²) in [5.41, 5.74) is 1.43. The van der Waals surface area contributed by atoms with Gasteiger partial charge in [0.2, 0.25) is 5.56 Å². The summed E-state index contributed by atoms with van der Waals surface area (Å²) in [5, 5.41) is 6.66. The van der Waals surface area contributed by atoms with Gasteiger partial charge in [-0.2, -0.15) is 11.8 Å². The summed E-state index contributed by atoms with van der Waals surface area (Å²) in [6.45, 7) is 2.31. The molecule has 5 nitrogen and oxygen atoms in total. The van der Waals surface area contributed by atoms with Gasteiger partial charge in [0, 0.05) is 29.6 Å². The first-order valence-corrected chi connectivity index (χ1v) is 8.64. The molecule has 22 heavy (non-hydrogen) atoms. The molecule has 0 radical (unpaired) electrons. The second-order valence-corrected chi connectivity index (χ2v) is 6.20. The number of rotatable bonds is 6. The monoisotopic (exact) mass is 319 g/mol. The Bertz CT molecular complexity index is 699. The number of aromatic amines is 1. The van der Waals surface area contributed by atoms with Crippen LogP contribution in [-0.4, -0.2) is 29.1 Å². The van der Waals surface area contributed by atoms with Crippen LogP contribution in [0.25, 0.3) is 10.9 Å². The quantitative estimate of drug-likeness (QED) is 0.766. The number of urea groups is 1. The summed E-state index contributed by atoms with van der Waals surface area (Å²) in [5.74, 6) is 1.01. The fourth-order valence-corrected chi connectivity index (χ4v) is 2.83. The third kappa shape index (κ3) is 4.53. The topological polar surface area (TPSA) is 74.0 Å². The smallest absolute Gasteiger partial charge is 0.315 e. The van der Waals surface area contributed by atoms with E-state index in [-0.39, 0.29) is 17.6 Å². The summed E-state index contributed by atoms with van der Waals surface area (Å²) in [4.78, 5) is 26.3. The van der Waals surface area contributed by atoms with Crippen LogP contribution in [0.1, 0.15) is 18.9 Å². The highest BCUT2D eigenvalue weighted by Crippen LogP contribution is 2.14. The van der Waals surface area contributed by atoms with Crippen LogP contribution in [0.5, 0.6) is 0 Å². The Labute approximate surface area is 133 Å². The Balaban J connectivity index is 2.00. The number of benzene rings is 1. The minimum atomic E-state index is -0.210. The summed E-state index contributed by atoms with van der Waals surface area (Å²) in [7, 11) is 0. The van der Waals surface area contributed by atoms with Crippen molar-refractivity contribution in [1.82, 2.24) is 15.6 Å². The molecule has 6 heteroatoms. The number of carbonyl (C=O) groups excluding carboxylic acids is 1. The van der Waals surface area contributed by atoms with Gasteiger partial charge in [0.1, 0.15) is 0 Å². The molecule has 0 spiro atoms. The maximum Gasteiger partial charge on any atom is 0.315 e. The van der Waals surface area contributed by atoms with E-state index in [9.17, 15) is 9.59 Å². The molecule has 2 aromatic rings. The maximum atomic E-state index is 11.9. The van der Waals surface area contributed by atoms with Gasteiger partial charge in [0.05, 0.1) is 0 Å². The Morgan fingerprint density at radius 3 is 2.91 bits per heavy atom. The van der Waals surface area contributed by atoms with E-state index in [4.69, 9.17) is 0 Å². The number of para-hydroxylation sites is 1. The van der Waals surface area contributed by atoms with Gasteiger partial charge < -0.3 is 15.6 Å². The fourth-order valence-electron chi connectivity index (χ4n) is 2.24. The molecule has 2 amide bonds. The third-order valence-corrected chi connectivity index (χ3v) is 4.05. The van der Waals surface area contributed by atoms with Crippen LogP contribution in [0, 0.1) is 0 Å². The van der Waals surface area contributed by atoms with Gasteiger partial charge in [-0.05, 0) is 37.0 Å². The van der Waals surface area contributed by atoms with Gasteiger partial charge in [0.25, 0.3) is 0 Å². The van der Waals surface area contributed by atoms with Gasteiger partial charge in [0.15, 0.2) is 0 Å². The zero-order chi connectivity index (χ0) is 15.9. The Morgan fingerprint density at radius 1 is 1.36 bits per heavy atom. The van der Waals surface area contributed by atoms with Gasteiger partial charge in [-0.3, -0.25) is 4.79 Å². The SMILES string of the molecule is CSCC[C@H](C)NC(=O)NCc1cc(=O)[nH]c2ccccc12. The molecule has 1 aromatic carbocycles. The number of nitrogens with one attached hydrogen (secondary N) is 3. The molecule has 0 aliphatic carbocycles. The molecule has 0 aliphatic heterocycles. The average molecular weight is 319 g/mol. The van der Waals surface area contributed by atoms with E-state index in [2.05, 4.69) is 15.6 Å². The molecular weight excluding hydrogens is 298 g/mol. The molecule has 0 unspecified atom stereocenters. The zero-order valence-electron chi connectivity index (χ0n) is 12.8. The van der Waals surface area contributed by atoms with Crippen LogP contribution >= 0.6 is 11.8 Å². The molecule has 2 rings (SSSR count). The lowest BCUT2D eigenvalue weighted by molar-refractivity contribution is 0.237. The molecule has 0 saturated carbocycles. The Kier molecular flexibility index (Phi) is 5.89. The maximum absolute atomic E-state index is 11.9. The van der Waals surface area contributed by atoms with Crippen LogP contribution in [0.15, 0.2) is 35.1 Å². The number of fused-ring (bicyclic) bond motifs is 1. The van der Waals surface area contributed by atoms with E-state index < -0.39 is 0 Å². The predicted molar refractivity (Wildman–Crippen MR) is 92.4 cm³/mol. The van der Waals surface area contributed by atoms with Crippen molar-refractivity contribution in [1.29, 1.82) is 0 Å². The van der Waals surface area contributed by atoms with Crippen molar-refractivity contribution >= 4 is 28.7 Å². The second kappa shape index (κ2) is 7.89.